The Morgan fingerprint density at radius 3 is 2.53 bits per heavy atom. The molecule has 0 fully saturated rings. The van der Waals surface area contributed by atoms with Gasteiger partial charge in [0.15, 0.2) is 0 Å². The lowest BCUT2D eigenvalue weighted by Gasteiger charge is -2.16. The van der Waals surface area contributed by atoms with Gasteiger partial charge in [-0.2, -0.15) is 0 Å². The highest BCUT2D eigenvalue weighted by Crippen LogP contribution is 2.37. The SMILES string of the molecule is CN(C)Cc1ccc(NC(=C2C(=O)Nc3cc(F)ccc32)c2ccc(CCC(=O)O)nc2)cc1. The molecule has 3 aromatic rings. The molecule has 0 radical (unpaired) electrons. The lowest BCUT2D eigenvalue weighted by Crippen LogP contribution is -2.11. The van der Waals surface area contributed by atoms with Crippen LogP contribution in [0.5, 0.6) is 0 Å². The standard InChI is InChI=1S/C26H25FN4O3/c1-31(2)15-16-3-7-20(8-4-16)29-25(17-5-9-19(28-14-17)10-12-23(32)33)24-21-11-6-18(27)13-22(21)30-26(24)34/h3-9,11,13-14,29H,10,12,15H2,1-2H3,(H,30,34)(H,32,33). The Hall–Kier alpha value is -4.04. The van der Waals surface area contributed by atoms with Crippen LogP contribution in [0.2, 0.25) is 0 Å². The minimum atomic E-state index is -0.889. The molecule has 1 aliphatic heterocycles. The zero-order valence-electron chi connectivity index (χ0n) is 18.9. The molecule has 0 unspecified atom stereocenters. The van der Waals surface area contributed by atoms with E-state index >= 15 is 0 Å². The Balaban J connectivity index is 1.74. The number of hydrogen-bond acceptors (Lipinski definition) is 5. The van der Waals surface area contributed by atoms with Gasteiger partial charge in [0.1, 0.15) is 5.82 Å². The molecule has 0 saturated carbocycles. The number of nitrogens with zero attached hydrogens (tertiary/aromatic N) is 2. The normalized spacial score (nSPS) is 14.1. The molecule has 7 nitrogen and oxygen atoms in total. The fourth-order valence-corrected chi connectivity index (χ4v) is 3.83. The highest BCUT2D eigenvalue weighted by molar-refractivity contribution is 6.37. The second kappa shape index (κ2) is 9.84. The van der Waals surface area contributed by atoms with Crippen molar-refractivity contribution in [2.75, 3.05) is 24.7 Å². The molecular weight excluding hydrogens is 435 g/mol. The Morgan fingerprint density at radius 2 is 1.88 bits per heavy atom. The number of aromatic nitrogens is 1. The van der Waals surface area contributed by atoms with Gasteiger partial charge in [0.05, 0.1) is 23.4 Å². The van der Waals surface area contributed by atoms with Crippen LogP contribution in [0.1, 0.15) is 28.8 Å². The summed E-state index contributed by atoms with van der Waals surface area (Å²) < 4.78 is 13.8. The number of nitrogens with one attached hydrogen (secondary N) is 2. The summed E-state index contributed by atoms with van der Waals surface area (Å²) in [6.45, 7) is 0.803. The molecule has 2 aromatic carbocycles. The highest BCUT2D eigenvalue weighted by Gasteiger charge is 2.29. The number of rotatable bonds is 8. The number of carbonyl (C=O) groups excluding carboxylic acids is 1. The van der Waals surface area contributed by atoms with Crippen LogP contribution in [-0.4, -0.2) is 41.0 Å². The average Bonchev–Trinajstić information content (AvgIpc) is 3.11. The quantitative estimate of drug-likeness (QED) is 0.436. The molecule has 1 amide bonds. The van der Waals surface area contributed by atoms with Crippen LogP contribution in [0, 0.1) is 5.82 Å². The number of pyridine rings is 1. The summed E-state index contributed by atoms with van der Waals surface area (Å²) in [5, 5.41) is 15.0. The van der Waals surface area contributed by atoms with Crippen LogP contribution < -0.4 is 10.6 Å². The third kappa shape index (κ3) is 5.29. The molecule has 174 valence electrons. The van der Waals surface area contributed by atoms with Crippen LogP contribution in [0.25, 0.3) is 11.3 Å². The first-order valence-corrected chi connectivity index (χ1v) is 10.8. The van der Waals surface area contributed by atoms with Crippen molar-refractivity contribution in [3.8, 4) is 0 Å². The summed E-state index contributed by atoms with van der Waals surface area (Å²) >= 11 is 0. The number of carboxylic acid groups (broad SMARTS) is 1. The number of anilines is 2. The second-order valence-electron chi connectivity index (χ2n) is 8.39. The topological polar surface area (TPSA) is 94.6 Å². The zero-order valence-corrected chi connectivity index (χ0v) is 18.9. The molecule has 0 atom stereocenters. The van der Waals surface area contributed by atoms with Crippen molar-refractivity contribution in [1.82, 2.24) is 9.88 Å². The van der Waals surface area contributed by atoms with Crippen LogP contribution >= 0.6 is 0 Å². The molecule has 0 saturated heterocycles. The Kier molecular flexibility index (Phi) is 6.70. The molecular formula is C26H25FN4O3. The molecule has 4 rings (SSSR count). The largest absolute Gasteiger partial charge is 0.481 e. The third-order valence-electron chi connectivity index (χ3n) is 5.41. The van der Waals surface area contributed by atoms with Crippen molar-refractivity contribution in [1.29, 1.82) is 0 Å². The van der Waals surface area contributed by atoms with E-state index in [-0.39, 0.29) is 12.3 Å². The molecule has 34 heavy (non-hydrogen) atoms. The second-order valence-corrected chi connectivity index (χ2v) is 8.39. The maximum absolute atomic E-state index is 13.8. The highest BCUT2D eigenvalue weighted by atomic mass is 19.1. The zero-order chi connectivity index (χ0) is 24.2. The number of carbonyl (C=O) groups is 2. The lowest BCUT2D eigenvalue weighted by atomic mass is 10.0. The van der Waals surface area contributed by atoms with E-state index in [9.17, 15) is 14.0 Å². The van der Waals surface area contributed by atoms with Crippen molar-refractivity contribution in [3.05, 3.63) is 89.0 Å². The summed E-state index contributed by atoms with van der Waals surface area (Å²) in [6, 6.07) is 15.6. The minimum Gasteiger partial charge on any atom is -0.481 e. The minimum absolute atomic E-state index is 0.0147. The van der Waals surface area contributed by atoms with Gasteiger partial charge in [-0.15, -0.1) is 0 Å². The number of aliphatic carboxylic acids is 1. The maximum Gasteiger partial charge on any atom is 0.303 e. The molecule has 1 aromatic heterocycles. The summed E-state index contributed by atoms with van der Waals surface area (Å²) in [4.78, 5) is 30.3. The van der Waals surface area contributed by atoms with Gasteiger partial charge in [-0.1, -0.05) is 12.1 Å². The molecule has 0 aliphatic carbocycles. The summed E-state index contributed by atoms with van der Waals surface area (Å²) in [7, 11) is 4.00. The lowest BCUT2D eigenvalue weighted by molar-refractivity contribution is -0.137. The van der Waals surface area contributed by atoms with Crippen molar-refractivity contribution >= 4 is 34.5 Å². The van der Waals surface area contributed by atoms with Gasteiger partial charge in [0.25, 0.3) is 5.91 Å². The predicted molar refractivity (Wildman–Crippen MR) is 129 cm³/mol. The van der Waals surface area contributed by atoms with E-state index in [4.69, 9.17) is 5.11 Å². The molecule has 3 N–H and O–H groups in total. The van der Waals surface area contributed by atoms with E-state index in [2.05, 4.69) is 20.5 Å². The molecule has 8 heteroatoms. The number of hydrogen-bond donors (Lipinski definition) is 3. The van der Waals surface area contributed by atoms with Gasteiger partial charge in [0.2, 0.25) is 0 Å². The Morgan fingerprint density at radius 1 is 1.12 bits per heavy atom. The van der Waals surface area contributed by atoms with Crippen LogP contribution in [0.4, 0.5) is 15.8 Å². The fraction of sp³-hybridized carbons (Fsp3) is 0.192. The van der Waals surface area contributed by atoms with E-state index in [1.165, 1.54) is 12.1 Å². The summed E-state index contributed by atoms with van der Waals surface area (Å²) in [5.74, 6) is -1.67. The summed E-state index contributed by atoms with van der Waals surface area (Å²) in [5.41, 5.74) is 5.13. The van der Waals surface area contributed by atoms with Gasteiger partial charge in [-0.05, 0) is 62.1 Å². The molecule has 2 heterocycles. The molecule has 0 spiro atoms. The van der Waals surface area contributed by atoms with Crippen molar-refractivity contribution in [3.63, 3.8) is 0 Å². The first kappa shape index (κ1) is 23.1. The fourth-order valence-electron chi connectivity index (χ4n) is 3.83. The predicted octanol–water partition coefficient (Wildman–Crippen LogP) is 4.23. The van der Waals surface area contributed by atoms with Crippen molar-refractivity contribution in [2.45, 2.75) is 19.4 Å². The van der Waals surface area contributed by atoms with Gasteiger partial charge in [-0.25, -0.2) is 4.39 Å². The van der Waals surface area contributed by atoms with Gasteiger partial charge in [0, 0.05) is 41.7 Å². The number of aryl methyl sites for hydroxylation is 1. The van der Waals surface area contributed by atoms with E-state index in [0.717, 1.165) is 17.8 Å². The smallest absolute Gasteiger partial charge is 0.303 e. The Bertz CT molecular complexity index is 1250. The van der Waals surface area contributed by atoms with Crippen LogP contribution in [0.15, 0.2) is 60.8 Å². The number of amides is 1. The number of benzene rings is 2. The first-order valence-electron chi connectivity index (χ1n) is 10.8. The average molecular weight is 461 g/mol. The third-order valence-corrected chi connectivity index (χ3v) is 5.41. The first-order chi connectivity index (χ1) is 16.3. The van der Waals surface area contributed by atoms with Gasteiger partial charge in [-0.3, -0.25) is 14.6 Å². The monoisotopic (exact) mass is 460 g/mol. The van der Waals surface area contributed by atoms with Crippen LogP contribution in [-0.2, 0) is 22.6 Å². The van der Waals surface area contributed by atoms with E-state index in [0.29, 0.717) is 40.2 Å². The van der Waals surface area contributed by atoms with E-state index < -0.39 is 11.8 Å². The van der Waals surface area contributed by atoms with E-state index in [1.54, 1.807) is 24.4 Å². The number of carboxylic acids is 1. The summed E-state index contributed by atoms with van der Waals surface area (Å²) in [6.07, 6.45) is 1.91. The van der Waals surface area contributed by atoms with Gasteiger partial charge < -0.3 is 20.6 Å². The Labute approximate surface area is 196 Å². The van der Waals surface area contributed by atoms with Crippen molar-refractivity contribution < 1.29 is 19.1 Å². The molecule has 0 bridgehead atoms. The van der Waals surface area contributed by atoms with Crippen LogP contribution in [0.3, 0.4) is 0 Å². The van der Waals surface area contributed by atoms with Gasteiger partial charge >= 0.3 is 5.97 Å². The van der Waals surface area contributed by atoms with Crippen molar-refractivity contribution in [2.24, 2.45) is 0 Å². The molecule has 1 aliphatic rings. The number of halogens is 1. The number of fused-ring (bicyclic) bond motifs is 1. The van der Waals surface area contributed by atoms with E-state index in [1.807, 2.05) is 38.4 Å². The maximum atomic E-state index is 13.8.